The number of rotatable bonds is 6. The molecule has 0 aliphatic heterocycles. The van der Waals surface area contributed by atoms with E-state index in [1.54, 1.807) is 0 Å². The van der Waals surface area contributed by atoms with E-state index in [-0.39, 0.29) is 24.0 Å². The maximum absolute atomic E-state index is 6.14. The summed E-state index contributed by atoms with van der Waals surface area (Å²) >= 11 is 6.14. The topological polar surface area (TPSA) is 36.4 Å². The van der Waals surface area contributed by atoms with Crippen LogP contribution in [0, 0.1) is 5.92 Å². The van der Waals surface area contributed by atoms with E-state index in [2.05, 4.69) is 28.6 Å². The van der Waals surface area contributed by atoms with Crippen molar-refractivity contribution in [2.45, 2.75) is 26.2 Å². The molecule has 112 valence electrons. The van der Waals surface area contributed by atoms with Crippen LogP contribution in [0.4, 0.5) is 0 Å². The van der Waals surface area contributed by atoms with Crippen LogP contribution in [0.2, 0.25) is 5.02 Å². The summed E-state index contributed by atoms with van der Waals surface area (Å²) in [6.07, 6.45) is 3.58. The van der Waals surface area contributed by atoms with Gasteiger partial charge in [-0.05, 0) is 43.7 Å². The molecule has 20 heavy (non-hydrogen) atoms. The zero-order chi connectivity index (χ0) is 13.5. The van der Waals surface area contributed by atoms with Gasteiger partial charge >= 0.3 is 0 Å². The van der Waals surface area contributed by atoms with Gasteiger partial charge in [-0.25, -0.2) is 0 Å². The van der Waals surface area contributed by atoms with E-state index in [9.17, 15) is 0 Å². The first kappa shape index (κ1) is 17.6. The molecule has 0 saturated heterocycles. The normalized spacial score (nSPS) is 14.6. The van der Waals surface area contributed by atoms with Crippen LogP contribution in [-0.4, -0.2) is 25.6 Å². The molecule has 0 amide bonds. The molecule has 1 aliphatic rings. The Hall–Kier alpha value is -0.490. The molecule has 1 fully saturated rings. The summed E-state index contributed by atoms with van der Waals surface area (Å²) in [6, 6.07) is 7.98. The van der Waals surface area contributed by atoms with Crippen molar-refractivity contribution < 1.29 is 0 Å². The first-order chi connectivity index (χ1) is 9.29. The monoisotopic (exact) mass is 407 g/mol. The maximum atomic E-state index is 6.14. The highest BCUT2D eigenvalue weighted by atomic mass is 127. The lowest BCUT2D eigenvalue weighted by molar-refractivity contribution is 0.777. The molecular weight excluding hydrogens is 385 g/mol. The predicted octanol–water partition coefficient (Wildman–Crippen LogP) is 3.47. The molecule has 0 unspecified atom stereocenters. The molecule has 0 spiro atoms. The molecule has 0 heterocycles. The van der Waals surface area contributed by atoms with Crippen molar-refractivity contribution in [1.29, 1.82) is 0 Å². The zero-order valence-electron chi connectivity index (χ0n) is 11.9. The minimum absolute atomic E-state index is 0. The van der Waals surface area contributed by atoms with Crippen molar-refractivity contribution in [2.75, 3.05) is 19.6 Å². The summed E-state index contributed by atoms with van der Waals surface area (Å²) in [5, 5.41) is 7.47. The van der Waals surface area contributed by atoms with Crippen LogP contribution in [-0.2, 0) is 6.42 Å². The predicted molar refractivity (Wildman–Crippen MR) is 97.3 cm³/mol. The van der Waals surface area contributed by atoms with Crippen LogP contribution in [0.25, 0.3) is 0 Å². The second-order valence-electron chi connectivity index (χ2n) is 4.93. The Kier molecular flexibility index (Phi) is 8.30. The summed E-state index contributed by atoms with van der Waals surface area (Å²) in [6.45, 7) is 4.77. The molecule has 3 nitrogen and oxygen atoms in total. The fourth-order valence-corrected chi connectivity index (χ4v) is 2.11. The molecule has 1 aromatic carbocycles. The molecule has 0 bridgehead atoms. The molecule has 0 aromatic heterocycles. The molecule has 1 saturated carbocycles. The number of benzene rings is 1. The van der Waals surface area contributed by atoms with Crippen LogP contribution in [0.1, 0.15) is 25.3 Å². The van der Waals surface area contributed by atoms with E-state index in [1.165, 1.54) is 18.4 Å². The van der Waals surface area contributed by atoms with E-state index in [1.807, 2.05) is 18.2 Å². The molecule has 1 aliphatic carbocycles. The number of hydrogen-bond acceptors (Lipinski definition) is 1. The van der Waals surface area contributed by atoms with E-state index in [0.29, 0.717) is 0 Å². The summed E-state index contributed by atoms with van der Waals surface area (Å²) < 4.78 is 0. The number of hydrogen-bond donors (Lipinski definition) is 2. The molecule has 0 atom stereocenters. The van der Waals surface area contributed by atoms with Crippen molar-refractivity contribution in [3.05, 3.63) is 34.9 Å². The molecule has 1 aromatic rings. The van der Waals surface area contributed by atoms with Gasteiger partial charge in [-0.2, -0.15) is 0 Å². The Morgan fingerprint density at radius 3 is 2.70 bits per heavy atom. The number of guanidine groups is 1. The first-order valence-electron chi connectivity index (χ1n) is 7.05. The van der Waals surface area contributed by atoms with Gasteiger partial charge in [0.05, 0.1) is 0 Å². The van der Waals surface area contributed by atoms with Crippen LogP contribution in [0.3, 0.4) is 0 Å². The van der Waals surface area contributed by atoms with Gasteiger partial charge in [0.15, 0.2) is 5.96 Å². The maximum Gasteiger partial charge on any atom is 0.191 e. The second kappa shape index (κ2) is 9.45. The van der Waals surface area contributed by atoms with Gasteiger partial charge in [0.1, 0.15) is 0 Å². The van der Waals surface area contributed by atoms with E-state index in [0.717, 1.165) is 43.0 Å². The summed E-state index contributed by atoms with van der Waals surface area (Å²) in [5.41, 5.74) is 1.18. The largest absolute Gasteiger partial charge is 0.357 e. The Labute approximate surface area is 143 Å². The van der Waals surface area contributed by atoms with Gasteiger partial charge in [0.25, 0.3) is 0 Å². The summed E-state index contributed by atoms with van der Waals surface area (Å²) in [7, 11) is 0. The Bertz CT molecular complexity index is 433. The summed E-state index contributed by atoms with van der Waals surface area (Å²) in [5.74, 6) is 1.74. The van der Waals surface area contributed by atoms with Crippen molar-refractivity contribution in [1.82, 2.24) is 10.6 Å². The van der Waals surface area contributed by atoms with Gasteiger partial charge in [-0.15, -0.1) is 24.0 Å². The van der Waals surface area contributed by atoms with Crippen molar-refractivity contribution >= 4 is 41.5 Å². The average molecular weight is 408 g/mol. The first-order valence-corrected chi connectivity index (χ1v) is 7.43. The smallest absolute Gasteiger partial charge is 0.191 e. The molecule has 2 N–H and O–H groups in total. The molecule has 2 rings (SSSR count). The lowest BCUT2D eigenvalue weighted by Gasteiger charge is -2.11. The van der Waals surface area contributed by atoms with Crippen molar-refractivity contribution in [2.24, 2.45) is 10.9 Å². The second-order valence-corrected chi connectivity index (χ2v) is 5.34. The standard InChI is InChI=1S/C15H22ClN3.HI/c1-2-17-15(19-11-12-7-8-12)18-10-9-13-5-3-4-6-14(13)16;/h3-6,12H,2,7-11H2,1H3,(H2,17,18,19);1H. The van der Waals surface area contributed by atoms with Gasteiger partial charge in [0.2, 0.25) is 0 Å². The van der Waals surface area contributed by atoms with E-state index < -0.39 is 0 Å². The van der Waals surface area contributed by atoms with E-state index >= 15 is 0 Å². The molecule has 5 heteroatoms. The van der Waals surface area contributed by atoms with Gasteiger partial charge in [0, 0.05) is 24.7 Å². The minimum Gasteiger partial charge on any atom is -0.357 e. The van der Waals surface area contributed by atoms with Crippen LogP contribution in [0.15, 0.2) is 29.3 Å². The minimum atomic E-state index is 0. The highest BCUT2D eigenvalue weighted by Crippen LogP contribution is 2.28. The highest BCUT2D eigenvalue weighted by molar-refractivity contribution is 14.0. The third kappa shape index (κ3) is 6.31. The third-order valence-electron chi connectivity index (χ3n) is 3.19. The van der Waals surface area contributed by atoms with Crippen LogP contribution < -0.4 is 10.6 Å². The Balaban J connectivity index is 0.00000200. The van der Waals surface area contributed by atoms with Crippen molar-refractivity contribution in [3.8, 4) is 0 Å². The lowest BCUT2D eigenvalue weighted by atomic mass is 10.1. The number of halogens is 2. The highest BCUT2D eigenvalue weighted by Gasteiger charge is 2.20. The molecule has 0 radical (unpaired) electrons. The quantitative estimate of drug-likeness (QED) is 0.430. The van der Waals surface area contributed by atoms with E-state index in [4.69, 9.17) is 11.6 Å². The lowest BCUT2D eigenvalue weighted by Crippen LogP contribution is -2.38. The van der Waals surface area contributed by atoms with Gasteiger partial charge < -0.3 is 10.6 Å². The number of nitrogens with one attached hydrogen (secondary N) is 2. The zero-order valence-corrected chi connectivity index (χ0v) is 14.9. The van der Waals surface area contributed by atoms with Crippen LogP contribution >= 0.6 is 35.6 Å². The Morgan fingerprint density at radius 2 is 2.05 bits per heavy atom. The number of aliphatic imine (C=N–C) groups is 1. The summed E-state index contributed by atoms with van der Waals surface area (Å²) in [4.78, 5) is 4.59. The third-order valence-corrected chi connectivity index (χ3v) is 3.56. The molecular formula is C15H23ClIN3. The van der Waals surface area contributed by atoms with Gasteiger partial charge in [-0.3, -0.25) is 4.99 Å². The Morgan fingerprint density at radius 1 is 1.30 bits per heavy atom. The van der Waals surface area contributed by atoms with Crippen molar-refractivity contribution in [3.63, 3.8) is 0 Å². The fraction of sp³-hybridized carbons (Fsp3) is 0.533. The SMILES string of the molecule is CCNC(=NCC1CC1)NCCc1ccccc1Cl.I. The average Bonchev–Trinajstić information content (AvgIpc) is 3.22. The van der Waals surface area contributed by atoms with Crippen LogP contribution in [0.5, 0.6) is 0 Å². The number of nitrogens with zero attached hydrogens (tertiary/aromatic N) is 1. The fourth-order valence-electron chi connectivity index (χ4n) is 1.88. The van der Waals surface area contributed by atoms with Gasteiger partial charge in [-0.1, -0.05) is 29.8 Å².